The highest BCUT2D eigenvalue weighted by molar-refractivity contribution is 5.85. The summed E-state index contributed by atoms with van der Waals surface area (Å²) in [4.78, 5) is 25.0. The van der Waals surface area contributed by atoms with E-state index < -0.39 is 17.7 Å². The number of alkyl carbamates (subject to hydrolysis) is 1. The molecule has 17 heavy (non-hydrogen) atoms. The van der Waals surface area contributed by atoms with Crippen molar-refractivity contribution < 1.29 is 14.3 Å². The Labute approximate surface area is 103 Å². The van der Waals surface area contributed by atoms with Gasteiger partial charge in [0, 0.05) is 13.1 Å². The maximum absolute atomic E-state index is 11.9. The second kappa shape index (κ2) is 6.47. The second-order valence-corrected chi connectivity index (χ2v) is 4.88. The minimum Gasteiger partial charge on any atom is -0.444 e. The fourth-order valence-corrected chi connectivity index (χ4v) is 1.36. The summed E-state index contributed by atoms with van der Waals surface area (Å²) in [5.74, 6) is -0.0964. The molecule has 0 aliphatic carbocycles. The lowest BCUT2D eigenvalue weighted by molar-refractivity contribution is -0.132. The molecule has 0 aromatic heterocycles. The molecule has 0 radical (unpaired) electrons. The largest absolute Gasteiger partial charge is 0.444 e. The first-order valence-electron chi connectivity index (χ1n) is 5.99. The Morgan fingerprint density at radius 2 is 1.71 bits per heavy atom. The standard InChI is InChI=1S/C12H24N2O3/c1-7-14(8-2)10(15)9(3)13-11(16)17-12(4,5)6/h9H,7-8H2,1-6H3,(H,13,16)/t9-/m1/s1. The molecule has 0 rings (SSSR count). The topological polar surface area (TPSA) is 58.6 Å². The molecule has 0 spiro atoms. The van der Waals surface area contributed by atoms with Crippen molar-refractivity contribution >= 4 is 12.0 Å². The molecule has 1 N–H and O–H groups in total. The van der Waals surface area contributed by atoms with E-state index in [1.165, 1.54) is 0 Å². The molecule has 0 heterocycles. The third kappa shape index (κ3) is 6.14. The molecule has 1 atom stereocenters. The molecule has 0 unspecified atom stereocenters. The second-order valence-electron chi connectivity index (χ2n) is 4.88. The number of likely N-dealkylation sites (N-methyl/N-ethyl adjacent to an activating group) is 1. The van der Waals surface area contributed by atoms with Gasteiger partial charge in [0.1, 0.15) is 11.6 Å². The van der Waals surface area contributed by atoms with Crippen molar-refractivity contribution in [1.29, 1.82) is 0 Å². The number of carbonyl (C=O) groups is 2. The zero-order valence-electron chi connectivity index (χ0n) is 11.7. The van der Waals surface area contributed by atoms with Crippen molar-refractivity contribution in [2.45, 2.75) is 53.2 Å². The summed E-state index contributed by atoms with van der Waals surface area (Å²) in [5, 5.41) is 2.53. The summed E-state index contributed by atoms with van der Waals surface area (Å²) in [6.45, 7) is 12.1. The van der Waals surface area contributed by atoms with E-state index in [0.717, 1.165) is 0 Å². The normalized spacial score (nSPS) is 12.8. The van der Waals surface area contributed by atoms with E-state index in [-0.39, 0.29) is 5.91 Å². The highest BCUT2D eigenvalue weighted by atomic mass is 16.6. The molecule has 0 aliphatic rings. The highest BCUT2D eigenvalue weighted by Crippen LogP contribution is 2.07. The number of nitrogens with zero attached hydrogens (tertiary/aromatic N) is 1. The highest BCUT2D eigenvalue weighted by Gasteiger charge is 2.23. The van der Waals surface area contributed by atoms with Crippen molar-refractivity contribution in [1.82, 2.24) is 10.2 Å². The van der Waals surface area contributed by atoms with Gasteiger partial charge in [0.15, 0.2) is 0 Å². The van der Waals surface area contributed by atoms with Gasteiger partial charge in [0.05, 0.1) is 0 Å². The smallest absolute Gasteiger partial charge is 0.408 e. The third-order valence-electron chi connectivity index (χ3n) is 2.18. The Bertz CT molecular complexity index is 267. The molecule has 0 saturated carbocycles. The molecule has 0 aromatic rings. The van der Waals surface area contributed by atoms with E-state index in [2.05, 4.69) is 5.32 Å². The quantitative estimate of drug-likeness (QED) is 0.820. The Balaban J connectivity index is 4.30. The lowest BCUT2D eigenvalue weighted by atomic mass is 10.2. The van der Waals surface area contributed by atoms with Crippen LogP contribution in [0.3, 0.4) is 0 Å². The van der Waals surface area contributed by atoms with Crippen molar-refractivity contribution in [2.24, 2.45) is 0 Å². The van der Waals surface area contributed by atoms with Gasteiger partial charge in [0.25, 0.3) is 0 Å². The summed E-state index contributed by atoms with van der Waals surface area (Å²) >= 11 is 0. The van der Waals surface area contributed by atoms with Crippen molar-refractivity contribution in [3.05, 3.63) is 0 Å². The van der Waals surface area contributed by atoms with E-state index in [1.807, 2.05) is 13.8 Å². The fraction of sp³-hybridized carbons (Fsp3) is 0.833. The van der Waals surface area contributed by atoms with Crippen LogP contribution in [-0.2, 0) is 9.53 Å². The molecule has 2 amide bonds. The van der Waals surface area contributed by atoms with Gasteiger partial charge in [-0.05, 0) is 41.5 Å². The number of hydrogen-bond acceptors (Lipinski definition) is 3. The average Bonchev–Trinajstić information content (AvgIpc) is 2.16. The maximum atomic E-state index is 11.9. The van der Waals surface area contributed by atoms with Gasteiger partial charge in [-0.3, -0.25) is 4.79 Å². The minimum absolute atomic E-state index is 0.0964. The van der Waals surface area contributed by atoms with Crippen LogP contribution in [0.1, 0.15) is 41.5 Å². The van der Waals surface area contributed by atoms with Crippen LogP contribution in [0.5, 0.6) is 0 Å². The first-order valence-corrected chi connectivity index (χ1v) is 5.99. The van der Waals surface area contributed by atoms with Crippen LogP contribution in [-0.4, -0.2) is 41.6 Å². The number of hydrogen-bond donors (Lipinski definition) is 1. The molecule has 0 saturated heterocycles. The molecule has 5 heteroatoms. The predicted octanol–water partition coefficient (Wildman–Crippen LogP) is 1.77. The Morgan fingerprint density at radius 3 is 2.06 bits per heavy atom. The molecule has 0 fully saturated rings. The van der Waals surface area contributed by atoms with Crippen LogP contribution >= 0.6 is 0 Å². The van der Waals surface area contributed by atoms with Crippen molar-refractivity contribution in [3.8, 4) is 0 Å². The van der Waals surface area contributed by atoms with Gasteiger partial charge in [-0.15, -0.1) is 0 Å². The summed E-state index contributed by atoms with van der Waals surface area (Å²) in [6, 6.07) is -0.565. The van der Waals surface area contributed by atoms with E-state index in [1.54, 1.807) is 32.6 Å². The van der Waals surface area contributed by atoms with Crippen molar-refractivity contribution in [3.63, 3.8) is 0 Å². The Kier molecular flexibility index (Phi) is 5.99. The van der Waals surface area contributed by atoms with Gasteiger partial charge in [-0.2, -0.15) is 0 Å². The monoisotopic (exact) mass is 244 g/mol. The summed E-state index contributed by atoms with van der Waals surface area (Å²) in [6.07, 6.45) is -0.564. The van der Waals surface area contributed by atoms with Gasteiger partial charge >= 0.3 is 6.09 Å². The van der Waals surface area contributed by atoms with Gasteiger partial charge in [0.2, 0.25) is 5.91 Å². The molecule has 5 nitrogen and oxygen atoms in total. The van der Waals surface area contributed by atoms with E-state index in [9.17, 15) is 9.59 Å². The van der Waals surface area contributed by atoms with Crippen molar-refractivity contribution in [2.75, 3.05) is 13.1 Å². The molecular formula is C12H24N2O3. The Hall–Kier alpha value is -1.26. The van der Waals surface area contributed by atoms with E-state index >= 15 is 0 Å². The summed E-state index contributed by atoms with van der Waals surface area (Å²) < 4.78 is 5.08. The van der Waals surface area contributed by atoms with Gasteiger partial charge in [-0.1, -0.05) is 0 Å². The number of rotatable bonds is 4. The lowest BCUT2D eigenvalue weighted by Gasteiger charge is -2.25. The average molecular weight is 244 g/mol. The van der Waals surface area contributed by atoms with Crippen LogP contribution in [0.4, 0.5) is 4.79 Å². The van der Waals surface area contributed by atoms with Crippen LogP contribution in [0.25, 0.3) is 0 Å². The summed E-state index contributed by atoms with van der Waals surface area (Å²) in [7, 11) is 0. The fourth-order valence-electron chi connectivity index (χ4n) is 1.36. The van der Waals surface area contributed by atoms with E-state index in [0.29, 0.717) is 13.1 Å². The van der Waals surface area contributed by atoms with Gasteiger partial charge < -0.3 is 15.0 Å². The lowest BCUT2D eigenvalue weighted by Crippen LogP contribution is -2.48. The zero-order valence-corrected chi connectivity index (χ0v) is 11.7. The first kappa shape index (κ1) is 15.7. The predicted molar refractivity (Wildman–Crippen MR) is 66.8 cm³/mol. The number of carbonyl (C=O) groups excluding carboxylic acids is 2. The van der Waals surface area contributed by atoms with Crippen LogP contribution in [0.2, 0.25) is 0 Å². The maximum Gasteiger partial charge on any atom is 0.408 e. The molecule has 0 aliphatic heterocycles. The third-order valence-corrected chi connectivity index (χ3v) is 2.18. The number of ether oxygens (including phenoxy) is 1. The van der Waals surface area contributed by atoms with Gasteiger partial charge in [-0.25, -0.2) is 4.79 Å². The Morgan fingerprint density at radius 1 is 1.24 bits per heavy atom. The number of nitrogens with one attached hydrogen (secondary N) is 1. The van der Waals surface area contributed by atoms with Crippen LogP contribution < -0.4 is 5.32 Å². The van der Waals surface area contributed by atoms with Crippen LogP contribution in [0.15, 0.2) is 0 Å². The first-order chi connectivity index (χ1) is 7.71. The molecule has 0 bridgehead atoms. The molecule has 0 aromatic carbocycles. The minimum atomic E-state index is -0.565. The summed E-state index contributed by atoms with van der Waals surface area (Å²) in [5.41, 5.74) is -0.554. The number of amides is 2. The zero-order chi connectivity index (χ0) is 13.6. The SMILES string of the molecule is CCN(CC)C(=O)[C@@H](C)NC(=O)OC(C)(C)C. The van der Waals surface area contributed by atoms with Crippen LogP contribution in [0, 0.1) is 0 Å². The van der Waals surface area contributed by atoms with E-state index in [4.69, 9.17) is 4.74 Å². The molecule has 100 valence electrons. The molecular weight excluding hydrogens is 220 g/mol.